The fourth-order valence-corrected chi connectivity index (χ4v) is 1.25. The van der Waals surface area contributed by atoms with Gasteiger partial charge in [-0.1, -0.05) is 0 Å². The van der Waals surface area contributed by atoms with Crippen LogP contribution in [0.1, 0.15) is 5.56 Å². The van der Waals surface area contributed by atoms with Crippen LogP contribution < -0.4 is 4.74 Å². The number of nitrogens with zero attached hydrogens (tertiary/aromatic N) is 1. The third-order valence-electron chi connectivity index (χ3n) is 1.16. The third-order valence-corrected chi connectivity index (χ3v) is 1.72. The predicted octanol–water partition coefficient (Wildman–Crippen LogP) is 3.05. The summed E-state index contributed by atoms with van der Waals surface area (Å²) in [6.45, 7) is 1.72. The first kappa shape index (κ1) is 10.3. The van der Waals surface area contributed by atoms with Crippen molar-refractivity contribution in [2.45, 2.75) is 13.3 Å². The molecule has 0 spiro atoms. The van der Waals surface area contributed by atoms with Crippen molar-refractivity contribution in [3.8, 4) is 5.88 Å². The minimum Gasteiger partial charge on any atom is -0.387 e. The van der Waals surface area contributed by atoms with Crippen molar-refractivity contribution in [1.82, 2.24) is 4.98 Å². The summed E-state index contributed by atoms with van der Waals surface area (Å²) in [6, 6.07) is 1.49. The van der Waals surface area contributed by atoms with Crippen LogP contribution in [-0.4, -0.2) is 11.3 Å². The Morgan fingerprint density at radius 1 is 1.46 bits per heavy atom. The van der Waals surface area contributed by atoms with Gasteiger partial charge in [-0.25, -0.2) is 4.98 Å². The van der Waals surface area contributed by atoms with Gasteiger partial charge in [0.05, 0.1) is 4.47 Å². The second-order valence-electron chi connectivity index (χ2n) is 2.35. The van der Waals surface area contributed by atoms with Gasteiger partial charge >= 0.3 is 6.36 Å². The second-order valence-corrected chi connectivity index (χ2v) is 3.20. The standard InChI is InChI=1S/C7H5BrF3NO/c1-4-2-5(8)6(12-3-4)13-7(9,10)11/h2-3H,1H3. The van der Waals surface area contributed by atoms with E-state index in [-0.39, 0.29) is 4.47 Å². The topological polar surface area (TPSA) is 22.1 Å². The van der Waals surface area contributed by atoms with Gasteiger partial charge in [0.2, 0.25) is 5.88 Å². The molecule has 0 aliphatic rings. The van der Waals surface area contributed by atoms with Crippen LogP contribution in [0.25, 0.3) is 0 Å². The van der Waals surface area contributed by atoms with Crippen molar-refractivity contribution in [3.05, 3.63) is 22.3 Å². The molecule has 1 rings (SSSR count). The van der Waals surface area contributed by atoms with Gasteiger partial charge in [0.25, 0.3) is 0 Å². The highest BCUT2D eigenvalue weighted by Crippen LogP contribution is 2.28. The molecule has 0 amide bonds. The summed E-state index contributed by atoms with van der Waals surface area (Å²) in [6.07, 6.45) is -3.41. The lowest BCUT2D eigenvalue weighted by atomic mass is 10.3. The number of hydrogen-bond acceptors (Lipinski definition) is 2. The summed E-state index contributed by atoms with van der Waals surface area (Å²) >= 11 is 2.91. The minimum absolute atomic E-state index is 0.185. The Bertz CT molecular complexity index is 313. The molecule has 1 aromatic heterocycles. The first-order valence-corrected chi connectivity index (χ1v) is 4.06. The summed E-state index contributed by atoms with van der Waals surface area (Å²) in [4.78, 5) is 3.47. The lowest BCUT2D eigenvalue weighted by Gasteiger charge is -2.09. The van der Waals surface area contributed by atoms with E-state index >= 15 is 0 Å². The van der Waals surface area contributed by atoms with Crippen LogP contribution >= 0.6 is 15.9 Å². The Balaban J connectivity index is 2.90. The second kappa shape index (κ2) is 3.53. The molecule has 0 aliphatic carbocycles. The summed E-state index contributed by atoms with van der Waals surface area (Å²) in [5.41, 5.74) is 0.751. The number of alkyl halides is 3. The molecule has 0 atom stereocenters. The number of rotatable bonds is 1. The first-order chi connectivity index (χ1) is 5.88. The van der Waals surface area contributed by atoms with Gasteiger partial charge in [-0.15, -0.1) is 13.2 Å². The van der Waals surface area contributed by atoms with Gasteiger partial charge < -0.3 is 4.74 Å². The minimum atomic E-state index is -4.70. The highest BCUT2D eigenvalue weighted by atomic mass is 79.9. The number of aromatic nitrogens is 1. The maximum Gasteiger partial charge on any atom is 0.574 e. The largest absolute Gasteiger partial charge is 0.574 e. The smallest absolute Gasteiger partial charge is 0.387 e. The van der Waals surface area contributed by atoms with E-state index in [1.54, 1.807) is 6.92 Å². The molecular formula is C7H5BrF3NO. The van der Waals surface area contributed by atoms with Crippen molar-refractivity contribution >= 4 is 15.9 Å². The number of pyridine rings is 1. The zero-order chi connectivity index (χ0) is 10.1. The van der Waals surface area contributed by atoms with Crippen molar-refractivity contribution in [3.63, 3.8) is 0 Å². The van der Waals surface area contributed by atoms with E-state index < -0.39 is 12.2 Å². The van der Waals surface area contributed by atoms with Crippen LogP contribution in [0, 0.1) is 6.92 Å². The first-order valence-electron chi connectivity index (χ1n) is 3.26. The lowest BCUT2D eigenvalue weighted by Crippen LogP contribution is -2.18. The molecule has 0 radical (unpaired) electrons. The molecule has 1 aromatic rings. The number of hydrogen-bond donors (Lipinski definition) is 0. The number of halogens is 4. The fraction of sp³-hybridized carbons (Fsp3) is 0.286. The Morgan fingerprint density at radius 2 is 2.08 bits per heavy atom. The maximum absolute atomic E-state index is 11.7. The molecule has 6 heteroatoms. The van der Waals surface area contributed by atoms with E-state index in [0.717, 1.165) is 5.56 Å². The molecule has 13 heavy (non-hydrogen) atoms. The third kappa shape index (κ3) is 3.22. The lowest BCUT2D eigenvalue weighted by molar-refractivity contribution is -0.276. The Hall–Kier alpha value is -0.780. The summed E-state index contributed by atoms with van der Waals surface area (Å²) < 4.78 is 39.0. The van der Waals surface area contributed by atoms with E-state index in [9.17, 15) is 13.2 Å². The van der Waals surface area contributed by atoms with Gasteiger partial charge in [-0.3, -0.25) is 0 Å². The van der Waals surface area contributed by atoms with Crippen molar-refractivity contribution in [2.75, 3.05) is 0 Å². The summed E-state index contributed by atoms with van der Waals surface area (Å²) in [5, 5.41) is 0. The molecule has 1 heterocycles. The Morgan fingerprint density at radius 3 is 2.54 bits per heavy atom. The molecule has 0 aromatic carbocycles. The van der Waals surface area contributed by atoms with Gasteiger partial charge in [0.15, 0.2) is 0 Å². The SMILES string of the molecule is Cc1cnc(OC(F)(F)F)c(Br)c1. The molecule has 0 saturated carbocycles. The molecule has 0 unspecified atom stereocenters. The fourth-order valence-electron chi connectivity index (χ4n) is 0.706. The number of aryl methyl sites for hydroxylation is 1. The monoisotopic (exact) mass is 255 g/mol. The van der Waals surface area contributed by atoms with Crippen LogP contribution in [0.4, 0.5) is 13.2 Å². The summed E-state index contributed by atoms with van der Waals surface area (Å²) in [7, 11) is 0. The predicted molar refractivity (Wildman–Crippen MR) is 43.4 cm³/mol. The van der Waals surface area contributed by atoms with Gasteiger partial charge in [-0.05, 0) is 34.5 Å². The molecule has 0 aliphatic heterocycles. The highest BCUT2D eigenvalue weighted by molar-refractivity contribution is 9.10. The van der Waals surface area contributed by atoms with Crippen molar-refractivity contribution in [2.24, 2.45) is 0 Å². The zero-order valence-corrected chi connectivity index (χ0v) is 8.11. The Labute approximate surface area is 80.9 Å². The molecular weight excluding hydrogens is 251 g/mol. The molecule has 0 N–H and O–H groups in total. The van der Waals surface area contributed by atoms with Crippen LogP contribution in [0.5, 0.6) is 5.88 Å². The molecule has 0 fully saturated rings. The van der Waals surface area contributed by atoms with E-state index in [4.69, 9.17) is 0 Å². The molecule has 0 bridgehead atoms. The molecule has 2 nitrogen and oxygen atoms in total. The average Bonchev–Trinajstić information content (AvgIpc) is 1.93. The Kier molecular flexibility index (Phi) is 2.80. The van der Waals surface area contributed by atoms with Crippen LogP contribution in [0.2, 0.25) is 0 Å². The summed E-state index contributed by atoms with van der Waals surface area (Å²) in [5.74, 6) is -0.474. The van der Waals surface area contributed by atoms with Crippen LogP contribution in [-0.2, 0) is 0 Å². The van der Waals surface area contributed by atoms with E-state index in [1.807, 2.05) is 0 Å². The average molecular weight is 256 g/mol. The molecule has 0 saturated heterocycles. The van der Waals surface area contributed by atoms with Gasteiger partial charge in [-0.2, -0.15) is 0 Å². The van der Waals surface area contributed by atoms with E-state index in [0.29, 0.717) is 0 Å². The van der Waals surface area contributed by atoms with Gasteiger partial charge in [0, 0.05) is 6.20 Å². The van der Waals surface area contributed by atoms with Crippen molar-refractivity contribution in [1.29, 1.82) is 0 Å². The maximum atomic E-state index is 11.7. The zero-order valence-electron chi connectivity index (χ0n) is 6.52. The quantitative estimate of drug-likeness (QED) is 0.770. The van der Waals surface area contributed by atoms with E-state index in [1.165, 1.54) is 12.3 Å². The highest BCUT2D eigenvalue weighted by Gasteiger charge is 2.32. The van der Waals surface area contributed by atoms with Crippen LogP contribution in [0.15, 0.2) is 16.7 Å². The molecule has 72 valence electrons. The normalized spacial score (nSPS) is 11.5. The number of ether oxygens (including phenoxy) is 1. The van der Waals surface area contributed by atoms with Gasteiger partial charge in [0.1, 0.15) is 0 Å². The van der Waals surface area contributed by atoms with Crippen LogP contribution in [0.3, 0.4) is 0 Å². The van der Waals surface area contributed by atoms with E-state index in [2.05, 4.69) is 25.7 Å². The van der Waals surface area contributed by atoms with Crippen molar-refractivity contribution < 1.29 is 17.9 Å².